The first kappa shape index (κ1) is 34.2. The van der Waals surface area contributed by atoms with Gasteiger partial charge in [-0.05, 0) is 66.6 Å². The topological polar surface area (TPSA) is 146 Å². The van der Waals surface area contributed by atoms with Crippen LogP contribution < -0.4 is 26.0 Å². The molecule has 11 heteroatoms. The molecule has 4 bridgehead atoms. The van der Waals surface area contributed by atoms with E-state index in [1.165, 1.54) is 11.9 Å². The van der Waals surface area contributed by atoms with Crippen molar-refractivity contribution in [3.63, 3.8) is 0 Å². The highest BCUT2D eigenvalue weighted by molar-refractivity contribution is 5.99. The van der Waals surface area contributed by atoms with E-state index in [0.717, 1.165) is 11.1 Å². The van der Waals surface area contributed by atoms with Gasteiger partial charge in [-0.2, -0.15) is 0 Å². The summed E-state index contributed by atoms with van der Waals surface area (Å²) in [5.74, 6) is -1.18. The number of nitrogens with one attached hydrogen (secondary N) is 4. The van der Waals surface area contributed by atoms with E-state index < -0.39 is 41.9 Å². The maximum atomic E-state index is 14.1. The summed E-state index contributed by atoms with van der Waals surface area (Å²) in [6.45, 7) is 4.26. The zero-order valence-electron chi connectivity index (χ0n) is 27.5. The predicted molar refractivity (Wildman–Crippen MR) is 180 cm³/mol. The lowest BCUT2D eigenvalue weighted by Gasteiger charge is -2.30. The van der Waals surface area contributed by atoms with Gasteiger partial charge in [-0.25, -0.2) is 0 Å². The van der Waals surface area contributed by atoms with E-state index in [9.17, 15) is 24.0 Å². The fourth-order valence-corrected chi connectivity index (χ4v) is 6.18. The molecule has 6 rings (SSSR count). The van der Waals surface area contributed by atoms with Gasteiger partial charge in [0.2, 0.25) is 23.6 Å². The molecule has 3 aromatic carbocycles. The van der Waals surface area contributed by atoms with Crippen LogP contribution in [0.5, 0.6) is 11.5 Å². The van der Waals surface area contributed by atoms with Gasteiger partial charge >= 0.3 is 0 Å². The third kappa shape index (κ3) is 8.58. The highest BCUT2D eigenvalue weighted by Crippen LogP contribution is 2.25. The second-order valence-corrected chi connectivity index (χ2v) is 12.7. The maximum Gasteiger partial charge on any atom is 0.252 e. The van der Waals surface area contributed by atoms with Crippen LogP contribution >= 0.6 is 0 Å². The van der Waals surface area contributed by atoms with Crippen LogP contribution in [0.1, 0.15) is 54.6 Å². The van der Waals surface area contributed by atoms with Gasteiger partial charge in [-0.15, -0.1) is 0 Å². The number of fused-ring (bicyclic) bond motifs is 11. The zero-order valence-corrected chi connectivity index (χ0v) is 27.5. The Balaban J connectivity index is 1.52. The largest absolute Gasteiger partial charge is 0.457 e. The Labute approximate surface area is 280 Å². The molecule has 3 aliphatic heterocycles. The van der Waals surface area contributed by atoms with Crippen LogP contribution in [0.15, 0.2) is 78.9 Å². The molecule has 252 valence electrons. The molecule has 0 unspecified atom stereocenters. The van der Waals surface area contributed by atoms with E-state index in [-0.39, 0.29) is 30.6 Å². The Hall–Kier alpha value is -5.19. The SMILES string of the molecule is CNC(=O)[C@@H]1CCCN1C(=O)[C@@H]1Cc2ccc(cc2)Oc2cccc(c2)C(=O)N[C@H](Cc2ccccc2)C(=O)N[C@@H](CC(C)C)C(=O)N1. The van der Waals surface area contributed by atoms with E-state index in [1.807, 2.05) is 56.3 Å². The summed E-state index contributed by atoms with van der Waals surface area (Å²) in [7, 11) is 1.54. The molecule has 3 heterocycles. The molecule has 1 fully saturated rings. The van der Waals surface area contributed by atoms with Crippen LogP contribution in [0, 0.1) is 5.92 Å². The quantitative estimate of drug-likeness (QED) is 0.301. The van der Waals surface area contributed by atoms with Crippen molar-refractivity contribution >= 4 is 29.5 Å². The Morgan fingerprint density at radius 1 is 0.875 bits per heavy atom. The number of likely N-dealkylation sites (N-methyl/N-ethyl adjacent to an activating group) is 1. The minimum Gasteiger partial charge on any atom is -0.457 e. The number of amides is 5. The van der Waals surface area contributed by atoms with Crippen LogP contribution in [0.4, 0.5) is 0 Å². The van der Waals surface area contributed by atoms with Crippen LogP contribution in [0.2, 0.25) is 0 Å². The molecule has 11 nitrogen and oxygen atoms in total. The van der Waals surface area contributed by atoms with Gasteiger partial charge < -0.3 is 30.9 Å². The lowest BCUT2D eigenvalue weighted by molar-refractivity contribution is -0.141. The molecule has 0 aromatic heterocycles. The van der Waals surface area contributed by atoms with Gasteiger partial charge in [0.25, 0.3) is 5.91 Å². The number of benzene rings is 3. The number of likely N-dealkylation sites (tertiary alicyclic amines) is 1. The fraction of sp³-hybridized carbons (Fsp3) is 0.378. The number of hydrogen-bond donors (Lipinski definition) is 4. The van der Waals surface area contributed by atoms with E-state index >= 15 is 0 Å². The number of carbonyl (C=O) groups is 5. The summed E-state index contributed by atoms with van der Waals surface area (Å²) in [4.78, 5) is 69.7. The molecule has 5 amide bonds. The average Bonchev–Trinajstić information content (AvgIpc) is 3.57. The van der Waals surface area contributed by atoms with Crippen molar-refractivity contribution in [3.05, 3.63) is 95.6 Å². The highest BCUT2D eigenvalue weighted by atomic mass is 16.5. The third-order valence-corrected chi connectivity index (χ3v) is 8.64. The molecular formula is C37H43N5O6. The Morgan fingerprint density at radius 3 is 2.31 bits per heavy atom. The normalized spacial score (nSPS) is 21.8. The van der Waals surface area contributed by atoms with Gasteiger partial charge in [0.05, 0.1) is 0 Å². The van der Waals surface area contributed by atoms with Gasteiger partial charge in [-0.1, -0.05) is 62.4 Å². The fourth-order valence-electron chi connectivity index (χ4n) is 6.18. The van der Waals surface area contributed by atoms with Crippen molar-refractivity contribution < 1.29 is 28.7 Å². The summed E-state index contributed by atoms with van der Waals surface area (Å²) in [5, 5.41) is 11.3. The smallest absolute Gasteiger partial charge is 0.252 e. The minimum atomic E-state index is -1.01. The first-order valence-electron chi connectivity index (χ1n) is 16.5. The number of carbonyl (C=O) groups excluding carboxylic acids is 5. The minimum absolute atomic E-state index is 0.0155. The van der Waals surface area contributed by atoms with Crippen molar-refractivity contribution in [1.82, 2.24) is 26.2 Å². The maximum absolute atomic E-state index is 14.1. The van der Waals surface area contributed by atoms with Crippen LogP contribution in [0.3, 0.4) is 0 Å². The Kier molecular flexibility index (Phi) is 11.1. The highest BCUT2D eigenvalue weighted by Gasteiger charge is 2.38. The first-order chi connectivity index (χ1) is 23.1. The van der Waals surface area contributed by atoms with Crippen molar-refractivity contribution in [2.24, 2.45) is 5.92 Å². The summed E-state index contributed by atoms with van der Waals surface area (Å²) in [6.07, 6.45) is 1.83. The van der Waals surface area contributed by atoms with Crippen molar-refractivity contribution in [2.45, 2.75) is 70.1 Å². The van der Waals surface area contributed by atoms with E-state index in [2.05, 4.69) is 21.3 Å². The second-order valence-electron chi connectivity index (χ2n) is 12.7. The lowest BCUT2D eigenvalue weighted by Crippen LogP contribution is -2.59. The van der Waals surface area contributed by atoms with Gasteiger partial charge in [0.1, 0.15) is 35.7 Å². The standard InChI is InChI=1S/C37H43N5O6/c1-23(2)19-29-34(44)41-31(37(47)42-18-8-13-32(42)36(46)38-3)21-25-14-16-27(17-15-25)48-28-12-7-11-26(22-28)33(43)39-30(35(45)40-29)20-24-9-5-4-6-10-24/h4-7,9-12,14-17,22-23,29-32H,8,13,18-21H2,1-3H3,(H,38,46)(H,39,43)(H,40,45)(H,41,44)/t29-,30+,31-,32-/m0/s1. The van der Waals surface area contributed by atoms with Crippen molar-refractivity contribution in [3.8, 4) is 11.5 Å². The van der Waals surface area contributed by atoms with Gasteiger partial charge in [0.15, 0.2) is 0 Å². The number of nitrogens with zero attached hydrogens (tertiary/aromatic N) is 1. The van der Waals surface area contributed by atoms with Crippen LogP contribution in [-0.4, -0.2) is 72.2 Å². The Morgan fingerprint density at radius 2 is 1.60 bits per heavy atom. The lowest BCUT2D eigenvalue weighted by atomic mass is 9.99. The van der Waals surface area contributed by atoms with E-state index in [1.54, 1.807) is 36.4 Å². The van der Waals surface area contributed by atoms with Crippen molar-refractivity contribution in [1.29, 1.82) is 0 Å². The van der Waals surface area contributed by atoms with Crippen LogP contribution in [0.25, 0.3) is 0 Å². The average molecular weight is 654 g/mol. The number of hydrogen-bond acceptors (Lipinski definition) is 6. The van der Waals surface area contributed by atoms with E-state index in [4.69, 9.17) is 4.74 Å². The second kappa shape index (κ2) is 15.6. The molecule has 0 spiro atoms. The van der Waals surface area contributed by atoms with Crippen LogP contribution in [-0.2, 0) is 32.0 Å². The van der Waals surface area contributed by atoms with E-state index in [0.29, 0.717) is 42.9 Å². The molecular weight excluding hydrogens is 610 g/mol. The molecule has 0 saturated carbocycles. The molecule has 3 aliphatic rings. The number of ether oxygens (including phenoxy) is 1. The zero-order chi connectivity index (χ0) is 34.2. The molecule has 0 radical (unpaired) electrons. The molecule has 4 atom stereocenters. The van der Waals surface area contributed by atoms with Crippen molar-refractivity contribution in [2.75, 3.05) is 13.6 Å². The summed E-state index contributed by atoms with van der Waals surface area (Å²) < 4.78 is 6.04. The van der Waals surface area contributed by atoms with Gasteiger partial charge in [0, 0.05) is 32.0 Å². The summed E-state index contributed by atoms with van der Waals surface area (Å²) in [6, 6.07) is 19.5. The Bertz CT molecular complexity index is 1630. The first-order valence-corrected chi connectivity index (χ1v) is 16.5. The molecule has 1 saturated heterocycles. The molecule has 0 aliphatic carbocycles. The monoisotopic (exact) mass is 653 g/mol. The van der Waals surface area contributed by atoms with Gasteiger partial charge in [-0.3, -0.25) is 24.0 Å². The summed E-state index contributed by atoms with van der Waals surface area (Å²) >= 11 is 0. The predicted octanol–water partition coefficient (Wildman–Crippen LogP) is 3.13. The third-order valence-electron chi connectivity index (χ3n) is 8.64. The molecule has 3 aromatic rings. The molecule has 48 heavy (non-hydrogen) atoms. The summed E-state index contributed by atoms with van der Waals surface area (Å²) in [5.41, 5.74) is 1.90. The number of rotatable bonds is 6. The molecule has 4 N–H and O–H groups in total.